The summed E-state index contributed by atoms with van der Waals surface area (Å²) in [5, 5.41) is 5.74. The summed E-state index contributed by atoms with van der Waals surface area (Å²) in [4.78, 5) is 0. The van der Waals surface area contributed by atoms with E-state index in [2.05, 4.69) is 101 Å². The summed E-state index contributed by atoms with van der Waals surface area (Å²) in [6, 6.07) is 19.5. The van der Waals surface area contributed by atoms with Crippen LogP contribution in [0.3, 0.4) is 0 Å². The fourth-order valence-electron chi connectivity index (χ4n) is 3.92. The van der Waals surface area contributed by atoms with E-state index in [1.807, 2.05) is 0 Å². The van der Waals surface area contributed by atoms with Crippen molar-refractivity contribution in [3.8, 4) is 22.5 Å². The van der Waals surface area contributed by atoms with E-state index in [-0.39, 0.29) is 0 Å². The lowest BCUT2D eigenvalue weighted by Crippen LogP contribution is -2.06. The van der Waals surface area contributed by atoms with Crippen LogP contribution in [0, 0.1) is 41.5 Å². The normalized spacial score (nSPS) is 11.2. The Kier molecular flexibility index (Phi) is 5.77. The Hall–Kier alpha value is -2.84. The first kappa shape index (κ1) is 21.4. The van der Waals surface area contributed by atoms with E-state index in [4.69, 9.17) is 16.7 Å². The maximum absolute atomic E-state index is 7.04. The summed E-state index contributed by atoms with van der Waals surface area (Å²) in [5.74, 6) is 0. The van der Waals surface area contributed by atoms with Crippen molar-refractivity contribution in [2.75, 3.05) is 0 Å². The predicted octanol–water partition coefficient (Wildman–Crippen LogP) is 7.77. The van der Waals surface area contributed by atoms with Gasteiger partial charge in [0.05, 0.1) is 17.3 Å². The molecular formula is C28H29ClN2. The molecule has 0 bridgehead atoms. The van der Waals surface area contributed by atoms with Crippen LogP contribution in [0.15, 0.2) is 54.6 Å². The van der Waals surface area contributed by atoms with Gasteiger partial charge >= 0.3 is 0 Å². The van der Waals surface area contributed by atoms with Gasteiger partial charge in [-0.25, -0.2) is 0 Å². The van der Waals surface area contributed by atoms with Gasteiger partial charge in [-0.3, -0.25) is 4.68 Å². The summed E-state index contributed by atoms with van der Waals surface area (Å²) in [7, 11) is 0. The summed E-state index contributed by atoms with van der Waals surface area (Å²) in [6.07, 6.45) is 0. The number of hydrogen-bond acceptors (Lipinski definition) is 1. The van der Waals surface area contributed by atoms with Crippen molar-refractivity contribution in [3.05, 3.63) is 98.6 Å². The highest BCUT2D eigenvalue weighted by atomic mass is 35.5. The first-order valence-corrected chi connectivity index (χ1v) is 11.1. The van der Waals surface area contributed by atoms with Crippen molar-refractivity contribution in [2.45, 2.75) is 48.1 Å². The van der Waals surface area contributed by atoms with Crippen LogP contribution in [0.1, 0.15) is 38.9 Å². The quantitative estimate of drug-likeness (QED) is 0.324. The highest BCUT2D eigenvalue weighted by Gasteiger charge is 2.20. The molecular weight excluding hydrogens is 400 g/mol. The molecule has 0 fully saturated rings. The Balaban J connectivity index is 1.92. The van der Waals surface area contributed by atoms with Crippen molar-refractivity contribution in [2.24, 2.45) is 0 Å². The molecule has 0 amide bonds. The molecule has 0 saturated heterocycles. The third-order valence-corrected chi connectivity index (χ3v) is 6.64. The lowest BCUT2D eigenvalue weighted by Gasteiger charge is -2.12. The minimum atomic E-state index is 0.681. The second kappa shape index (κ2) is 8.36. The Morgan fingerprint density at radius 2 is 1.26 bits per heavy atom. The van der Waals surface area contributed by atoms with E-state index in [9.17, 15) is 0 Å². The van der Waals surface area contributed by atoms with Gasteiger partial charge < -0.3 is 0 Å². The number of halogens is 1. The summed E-state index contributed by atoms with van der Waals surface area (Å²) >= 11 is 7.04. The molecule has 0 aliphatic rings. The average molecular weight is 429 g/mol. The van der Waals surface area contributed by atoms with Gasteiger partial charge in [-0.15, -0.1) is 0 Å². The van der Waals surface area contributed by atoms with Gasteiger partial charge in [-0.2, -0.15) is 5.10 Å². The second-order valence-corrected chi connectivity index (χ2v) is 9.07. The predicted molar refractivity (Wildman–Crippen MR) is 132 cm³/mol. The van der Waals surface area contributed by atoms with Gasteiger partial charge in [-0.05, 0) is 87.1 Å². The number of rotatable bonds is 4. The summed E-state index contributed by atoms with van der Waals surface area (Å²) in [6.45, 7) is 13.5. The van der Waals surface area contributed by atoms with Crippen LogP contribution in [-0.2, 0) is 6.54 Å². The van der Waals surface area contributed by atoms with E-state index in [0.29, 0.717) is 11.6 Å². The highest BCUT2D eigenvalue weighted by molar-refractivity contribution is 6.35. The Morgan fingerprint density at radius 3 is 1.90 bits per heavy atom. The van der Waals surface area contributed by atoms with E-state index in [0.717, 1.165) is 22.5 Å². The molecule has 0 atom stereocenters. The van der Waals surface area contributed by atoms with Crippen LogP contribution < -0.4 is 0 Å². The SMILES string of the molecule is Cc1ccc(C)c(Cn2nc(-c3ccc(C)c(C)c3)c(Cl)c2-c2ccc(C)c(C)c2)c1. The van der Waals surface area contributed by atoms with Crippen molar-refractivity contribution in [1.82, 2.24) is 9.78 Å². The molecule has 0 aliphatic carbocycles. The Labute approximate surface area is 190 Å². The first-order valence-electron chi connectivity index (χ1n) is 10.7. The number of benzene rings is 3. The molecule has 1 aromatic heterocycles. The van der Waals surface area contributed by atoms with E-state index >= 15 is 0 Å². The van der Waals surface area contributed by atoms with Crippen molar-refractivity contribution in [3.63, 3.8) is 0 Å². The molecule has 3 aromatic carbocycles. The lowest BCUT2D eigenvalue weighted by atomic mass is 10.0. The molecule has 0 spiro atoms. The van der Waals surface area contributed by atoms with E-state index < -0.39 is 0 Å². The third kappa shape index (κ3) is 4.18. The zero-order chi connectivity index (χ0) is 22.3. The average Bonchev–Trinajstić information content (AvgIpc) is 3.05. The molecule has 0 unspecified atom stereocenters. The minimum Gasteiger partial charge on any atom is -0.258 e. The molecule has 4 rings (SSSR count). The number of nitrogens with zero attached hydrogens (tertiary/aromatic N) is 2. The molecule has 3 heteroatoms. The molecule has 158 valence electrons. The summed E-state index contributed by atoms with van der Waals surface area (Å²) in [5.41, 5.74) is 12.8. The largest absolute Gasteiger partial charge is 0.258 e. The van der Waals surface area contributed by atoms with Crippen molar-refractivity contribution >= 4 is 11.6 Å². The van der Waals surface area contributed by atoms with E-state index in [1.54, 1.807) is 0 Å². The molecule has 0 N–H and O–H groups in total. The van der Waals surface area contributed by atoms with Crippen LogP contribution in [0.2, 0.25) is 5.02 Å². The second-order valence-electron chi connectivity index (χ2n) is 8.70. The van der Waals surface area contributed by atoms with Crippen LogP contribution in [-0.4, -0.2) is 9.78 Å². The Morgan fingerprint density at radius 1 is 0.677 bits per heavy atom. The van der Waals surface area contributed by atoms with E-state index in [1.165, 1.54) is 38.9 Å². The van der Waals surface area contributed by atoms with Gasteiger partial charge in [0, 0.05) is 11.1 Å². The Bertz CT molecular complexity index is 1280. The van der Waals surface area contributed by atoms with Crippen LogP contribution in [0.5, 0.6) is 0 Å². The smallest absolute Gasteiger partial charge is 0.112 e. The number of aryl methyl sites for hydroxylation is 6. The first-order chi connectivity index (χ1) is 14.7. The fraction of sp³-hybridized carbons (Fsp3) is 0.250. The van der Waals surface area contributed by atoms with Gasteiger partial charge in [0.25, 0.3) is 0 Å². The monoisotopic (exact) mass is 428 g/mol. The zero-order valence-electron chi connectivity index (χ0n) is 19.2. The van der Waals surface area contributed by atoms with Crippen LogP contribution in [0.25, 0.3) is 22.5 Å². The molecule has 1 heterocycles. The molecule has 0 aliphatic heterocycles. The molecule has 4 aromatic rings. The summed E-state index contributed by atoms with van der Waals surface area (Å²) < 4.78 is 2.07. The topological polar surface area (TPSA) is 17.8 Å². The van der Waals surface area contributed by atoms with Crippen molar-refractivity contribution < 1.29 is 0 Å². The molecule has 31 heavy (non-hydrogen) atoms. The third-order valence-electron chi connectivity index (χ3n) is 6.28. The van der Waals surface area contributed by atoms with Gasteiger partial charge in [0.15, 0.2) is 0 Å². The fourth-order valence-corrected chi connectivity index (χ4v) is 4.28. The maximum atomic E-state index is 7.04. The minimum absolute atomic E-state index is 0.681. The number of aromatic nitrogens is 2. The molecule has 0 radical (unpaired) electrons. The molecule has 0 saturated carbocycles. The van der Waals surface area contributed by atoms with Gasteiger partial charge in [0.1, 0.15) is 5.69 Å². The molecule has 2 nitrogen and oxygen atoms in total. The standard InChI is InChI=1S/C28H29ClN2/c1-17-7-8-20(4)25(13-17)16-31-28(24-12-10-19(3)22(6)15-24)26(29)27(30-31)23-11-9-18(2)21(5)14-23/h7-15H,16H2,1-6H3. The highest BCUT2D eigenvalue weighted by Crippen LogP contribution is 2.38. The van der Waals surface area contributed by atoms with Gasteiger partial charge in [-0.1, -0.05) is 59.6 Å². The van der Waals surface area contributed by atoms with Crippen LogP contribution in [0.4, 0.5) is 0 Å². The van der Waals surface area contributed by atoms with Crippen molar-refractivity contribution in [1.29, 1.82) is 0 Å². The number of hydrogen-bond donors (Lipinski definition) is 0. The van der Waals surface area contributed by atoms with Gasteiger partial charge in [0.2, 0.25) is 0 Å². The van der Waals surface area contributed by atoms with Crippen LogP contribution >= 0.6 is 11.6 Å². The zero-order valence-corrected chi connectivity index (χ0v) is 19.9. The maximum Gasteiger partial charge on any atom is 0.112 e. The lowest BCUT2D eigenvalue weighted by molar-refractivity contribution is 0.693.